The first-order chi connectivity index (χ1) is 13.0. The van der Waals surface area contributed by atoms with E-state index < -0.39 is 0 Å². The Labute approximate surface area is 159 Å². The summed E-state index contributed by atoms with van der Waals surface area (Å²) in [5.74, 6) is 3.26. The molecule has 0 spiro atoms. The second-order valence-electron chi connectivity index (χ2n) is 7.95. The number of hydrogen-bond donors (Lipinski definition) is 1. The Balaban J connectivity index is 1.44. The molecule has 1 aromatic carbocycles. The molecule has 0 saturated carbocycles. The largest absolute Gasteiger partial charge is 0.497 e. The van der Waals surface area contributed by atoms with E-state index in [1.165, 1.54) is 5.56 Å². The van der Waals surface area contributed by atoms with Crippen LogP contribution in [0.4, 0.5) is 0 Å². The summed E-state index contributed by atoms with van der Waals surface area (Å²) in [5, 5.41) is 11.4. The summed E-state index contributed by atoms with van der Waals surface area (Å²) in [6.45, 7) is 7.74. The zero-order chi connectivity index (χ0) is 19.0. The van der Waals surface area contributed by atoms with E-state index in [0.29, 0.717) is 17.7 Å². The fraction of sp³-hybridized carbons (Fsp3) is 0.550. The Morgan fingerprint density at radius 1 is 1.26 bits per heavy atom. The molecule has 1 fully saturated rings. The molecule has 1 amide bonds. The fourth-order valence-electron chi connectivity index (χ4n) is 4.27. The molecule has 3 heterocycles. The zero-order valence-electron chi connectivity index (χ0n) is 16.2. The van der Waals surface area contributed by atoms with E-state index in [0.717, 1.165) is 44.2 Å². The van der Waals surface area contributed by atoms with E-state index in [-0.39, 0.29) is 11.9 Å². The van der Waals surface area contributed by atoms with Gasteiger partial charge in [-0.2, -0.15) is 0 Å². The number of fused-ring (bicyclic) bond motifs is 2. The van der Waals surface area contributed by atoms with Crippen LogP contribution in [0.5, 0.6) is 5.75 Å². The third kappa shape index (κ3) is 3.69. The molecule has 4 rings (SSSR count). The number of ether oxygens (including phenoxy) is 1. The molecule has 0 bridgehead atoms. The van der Waals surface area contributed by atoms with Gasteiger partial charge in [-0.15, -0.1) is 10.2 Å². The number of methoxy groups -OCH3 is 1. The highest BCUT2D eigenvalue weighted by atomic mass is 16.5. The number of likely N-dealkylation sites (tertiary alicyclic amines) is 1. The van der Waals surface area contributed by atoms with E-state index >= 15 is 0 Å². The molecule has 1 N–H and O–H groups in total. The molecule has 2 aliphatic rings. The molecule has 1 saturated heterocycles. The second-order valence-corrected chi connectivity index (χ2v) is 7.95. The molecule has 7 heteroatoms. The SMILES string of the molecule is COc1cccc(CN2C[C@H]3Cc4nnc(C(=O)NC(C)C)n4C[C@H]3C2)c1. The van der Waals surface area contributed by atoms with Gasteiger partial charge in [-0.25, -0.2) is 0 Å². The molecule has 0 aliphatic carbocycles. The lowest BCUT2D eigenvalue weighted by Gasteiger charge is -2.25. The molecule has 0 unspecified atom stereocenters. The molecule has 0 radical (unpaired) electrons. The van der Waals surface area contributed by atoms with Crippen molar-refractivity contribution in [1.82, 2.24) is 25.0 Å². The number of hydrogen-bond acceptors (Lipinski definition) is 5. The molecule has 7 nitrogen and oxygen atoms in total. The molecule has 27 heavy (non-hydrogen) atoms. The Hall–Kier alpha value is -2.41. The second kappa shape index (κ2) is 7.31. The number of carbonyl (C=O) groups is 1. The topological polar surface area (TPSA) is 72.3 Å². The van der Waals surface area contributed by atoms with Gasteiger partial charge in [-0.05, 0) is 43.4 Å². The molecular weight excluding hydrogens is 342 g/mol. The van der Waals surface area contributed by atoms with Crippen LogP contribution in [0.25, 0.3) is 0 Å². The van der Waals surface area contributed by atoms with Crippen molar-refractivity contribution in [2.45, 2.75) is 39.4 Å². The van der Waals surface area contributed by atoms with Crippen LogP contribution >= 0.6 is 0 Å². The van der Waals surface area contributed by atoms with Gasteiger partial charge in [0.25, 0.3) is 5.91 Å². The summed E-state index contributed by atoms with van der Waals surface area (Å²) in [6.07, 6.45) is 0.890. The summed E-state index contributed by atoms with van der Waals surface area (Å²) < 4.78 is 7.36. The predicted molar refractivity (Wildman–Crippen MR) is 102 cm³/mol. The number of nitrogens with one attached hydrogen (secondary N) is 1. The van der Waals surface area contributed by atoms with E-state index in [9.17, 15) is 4.79 Å². The number of aromatic nitrogens is 3. The van der Waals surface area contributed by atoms with Crippen molar-refractivity contribution in [3.05, 3.63) is 41.5 Å². The fourth-order valence-corrected chi connectivity index (χ4v) is 4.27. The third-order valence-electron chi connectivity index (χ3n) is 5.50. The van der Waals surface area contributed by atoms with Crippen molar-refractivity contribution in [3.63, 3.8) is 0 Å². The van der Waals surface area contributed by atoms with Crippen molar-refractivity contribution in [2.24, 2.45) is 11.8 Å². The highest BCUT2D eigenvalue weighted by Crippen LogP contribution is 2.33. The Kier molecular flexibility index (Phi) is 4.86. The molecular formula is C20H27N5O2. The first-order valence-corrected chi connectivity index (χ1v) is 9.61. The van der Waals surface area contributed by atoms with Crippen molar-refractivity contribution in [2.75, 3.05) is 20.2 Å². The summed E-state index contributed by atoms with van der Waals surface area (Å²) >= 11 is 0. The zero-order valence-corrected chi connectivity index (χ0v) is 16.2. The Morgan fingerprint density at radius 2 is 2.07 bits per heavy atom. The predicted octanol–water partition coefficient (Wildman–Crippen LogP) is 1.73. The lowest BCUT2D eigenvalue weighted by molar-refractivity contribution is 0.0924. The molecule has 2 atom stereocenters. The van der Waals surface area contributed by atoms with Crippen molar-refractivity contribution in [3.8, 4) is 5.75 Å². The minimum atomic E-state index is -0.131. The van der Waals surface area contributed by atoms with Crippen LogP contribution in [0, 0.1) is 11.8 Å². The van der Waals surface area contributed by atoms with Gasteiger partial charge < -0.3 is 14.6 Å². The van der Waals surface area contributed by atoms with Crippen molar-refractivity contribution >= 4 is 5.91 Å². The van der Waals surface area contributed by atoms with E-state index in [4.69, 9.17) is 4.74 Å². The van der Waals surface area contributed by atoms with Crippen LogP contribution in [0.15, 0.2) is 24.3 Å². The molecule has 144 valence electrons. The van der Waals surface area contributed by atoms with Gasteiger partial charge in [0.05, 0.1) is 7.11 Å². The van der Waals surface area contributed by atoms with Crippen LogP contribution < -0.4 is 10.1 Å². The lowest BCUT2D eigenvalue weighted by atomic mass is 9.89. The first kappa shape index (κ1) is 18.0. The van der Waals surface area contributed by atoms with Crippen LogP contribution in [0.2, 0.25) is 0 Å². The van der Waals surface area contributed by atoms with E-state index in [1.807, 2.05) is 30.5 Å². The third-order valence-corrected chi connectivity index (χ3v) is 5.50. The highest BCUT2D eigenvalue weighted by molar-refractivity contribution is 5.90. The van der Waals surface area contributed by atoms with Gasteiger partial charge in [0.2, 0.25) is 5.82 Å². The number of carbonyl (C=O) groups excluding carboxylic acids is 1. The van der Waals surface area contributed by atoms with Crippen LogP contribution in [0.1, 0.15) is 35.9 Å². The van der Waals surface area contributed by atoms with Gasteiger partial charge in [-0.1, -0.05) is 12.1 Å². The molecule has 2 aromatic rings. The molecule has 1 aromatic heterocycles. The van der Waals surface area contributed by atoms with Gasteiger partial charge in [0, 0.05) is 38.6 Å². The highest BCUT2D eigenvalue weighted by Gasteiger charge is 2.39. The van der Waals surface area contributed by atoms with Gasteiger partial charge in [0.15, 0.2) is 0 Å². The minimum absolute atomic E-state index is 0.0895. The van der Waals surface area contributed by atoms with Crippen LogP contribution in [0.3, 0.4) is 0 Å². The Bertz CT molecular complexity index is 832. The maximum absolute atomic E-state index is 12.4. The normalized spacial score (nSPS) is 21.8. The van der Waals surface area contributed by atoms with Crippen LogP contribution in [-0.4, -0.2) is 51.8 Å². The van der Waals surface area contributed by atoms with Gasteiger partial charge >= 0.3 is 0 Å². The quantitative estimate of drug-likeness (QED) is 0.869. The van der Waals surface area contributed by atoms with Gasteiger partial charge in [0.1, 0.15) is 11.6 Å². The summed E-state index contributed by atoms with van der Waals surface area (Å²) in [5.41, 5.74) is 1.27. The average Bonchev–Trinajstić information content (AvgIpc) is 3.21. The van der Waals surface area contributed by atoms with Crippen molar-refractivity contribution in [1.29, 1.82) is 0 Å². The lowest BCUT2D eigenvalue weighted by Crippen LogP contribution is -2.35. The molecule has 2 aliphatic heterocycles. The van der Waals surface area contributed by atoms with E-state index in [2.05, 4.69) is 32.5 Å². The van der Waals surface area contributed by atoms with E-state index in [1.54, 1.807) is 7.11 Å². The smallest absolute Gasteiger partial charge is 0.289 e. The number of amides is 1. The van der Waals surface area contributed by atoms with Crippen LogP contribution in [-0.2, 0) is 19.5 Å². The standard InChI is InChI=1S/C20H27N5O2/c1-13(2)21-20(26)19-23-22-18-8-15-10-24(11-16(15)12-25(18)19)9-14-5-4-6-17(7-14)27-3/h4-7,13,15-16H,8-12H2,1-3H3,(H,21,26)/t15-,16-/m1/s1. The minimum Gasteiger partial charge on any atom is -0.497 e. The number of rotatable bonds is 5. The monoisotopic (exact) mass is 369 g/mol. The van der Waals surface area contributed by atoms with Crippen molar-refractivity contribution < 1.29 is 9.53 Å². The Morgan fingerprint density at radius 3 is 2.85 bits per heavy atom. The summed E-state index contributed by atoms with van der Waals surface area (Å²) in [6, 6.07) is 8.35. The van der Waals surface area contributed by atoms with Gasteiger partial charge in [-0.3, -0.25) is 9.69 Å². The summed E-state index contributed by atoms with van der Waals surface area (Å²) in [7, 11) is 1.70. The summed E-state index contributed by atoms with van der Waals surface area (Å²) in [4.78, 5) is 14.9. The maximum Gasteiger partial charge on any atom is 0.289 e. The average molecular weight is 369 g/mol. The first-order valence-electron chi connectivity index (χ1n) is 9.61. The number of benzene rings is 1. The number of nitrogens with zero attached hydrogens (tertiary/aromatic N) is 4. The maximum atomic E-state index is 12.4.